The van der Waals surface area contributed by atoms with Crippen LogP contribution in [0.15, 0.2) is 55.0 Å². The van der Waals surface area contributed by atoms with Gasteiger partial charge in [0.1, 0.15) is 5.41 Å². The Kier molecular flexibility index (Phi) is 12.4. The van der Waals surface area contributed by atoms with E-state index in [1.807, 2.05) is 56.7 Å². The molecular weight excluding hydrogens is 557 g/mol. The molecule has 0 N–H and O–H groups in total. The number of fused-ring (bicyclic) bond motifs is 1. The lowest BCUT2D eigenvalue weighted by atomic mass is 9.90. The summed E-state index contributed by atoms with van der Waals surface area (Å²) in [5, 5.41) is 0. The summed E-state index contributed by atoms with van der Waals surface area (Å²) in [6, 6.07) is 12.2. The molecule has 212 valence electrons. The number of benzene rings is 1. The molecular formula is C29H38Cl3N5O2. The maximum Gasteiger partial charge on any atom is 0.242 e. The zero-order valence-corrected chi connectivity index (χ0v) is 25.8. The standard InChI is InChI=1S/C29H35N5O2.3ClH/c1-7-34-25-11-10-22(15-26(25)32(6)27(35)29(4,5)28(34)36)17-33(18-23-9-8-13-31-21(23)3)19-24-16-30-14-12-20(24)2;;;/h8-16H,7,17-19H2,1-6H3;3*1H. The maximum atomic E-state index is 13.2. The van der Waals surface area contributed by atoms with Crippen molar-refractivity contribution in [2.75, 3.05) is 23.4 Å². The predicted molar refractivity (Wildman–Crippen MR) is 164 cm³/mol. The van der Waals surface area contributed by atoms with E-state index in [2.05, 4.69) is 33.9 Å². The molecule has 3 heterocycles. The van der Waals surface area contributed by atoms with Crippen LogP contribution in [0.5, 0.6) is 0 Å². The lowest BCUT2D eigenvalue weighted by Crippen LogP contribution is -2.47. The zero-order chi connectivity index (χ0) is 26.0. The predicted octanol–water partition coefficient (Wildman–Crippen LogP) is 5.92. The third kappa shape index (κ3) is 7.09. The molecule has 7 nitrogen and oxygen atoms in total. The highest BCUT2D eigenvalue weighted by atomic mass is 35.5. The molecule has 0 saturated heterocycles. The van der Waals surface area contributed by atoms with Gasteiger partial charge < -0.3 is 9.80 Å². The summed E-state index contributed by atoms with van der Waals surface area (Å²) >= 11 is 0. The summed E-state index contributed by atoms with van der Waals surface area (Å²) < 4.78 is 0. The Morgan fingerprint density at radius 2 is 1.56 bits per heavy atom. The summed E-state index contributed by atoms with van der Waals surface area (Å²) in [4.78, 5) is 41.0. The van der Waals surface area contributed by atoms with Crippen molar-refractivity contribution in [1.29, 1.82) is 0 Å². The Morgan fingerprint density at radius 3 is 2.21 bits per heavy atom. The first-order chi connectivity index (χ1) is 17.1. The van der Waals surface area contributed by atoms with Crippen LogP contribution in [-0.4, -0.2) is 40.3 Å². The Hall–Kier alpha value is -2.71. The van der Waals surface area contributed by atoms with Crippen molar-refractivity contribution in [3.8, 4) is 0 Å². The Bertz CT molecular complexity index is 1250. The van der Waals surface area contributed by atoms with Crippen LogP contribution in [0.4, 0.5) is 11.4 Å². The number of halogens is 3. The second kappa shape index (κ2) is 14.1. The van der Waals surface area contributed by atoms with E-state index < -0.39 is 5.41 Å². The molecule has 10 heteroatoms. The van der Waals surface area contributed by atoms with Crippen molar-refractivity contribution < 1.29 is 9.59 Å². The van der Waals surface area contributed by atoms with Crippen molar-refractivity contribution in [2.24, 2.45) is 5.41 Å². The number of hydrogen-bond donors (Lipinski definition) is 0. The highest BCUT2D eigenvalue weighted by Gasteiger charge is 2.45. The number of aryl methyl sites for hydroxylation is 2. The first kappa shape index (κ1) is 34.3. The monoisotopic (exact) mass is 593 g/mol. The van der Waals surface area contributed by atoms with E-state index in [0.717, 1.165) is 35.7 Å². The van der Waals surface area contributed by atoms with E-state index in [1.54, 1.807) is 30.7 Å². The summed E-state index contributed by atoms with van der Waals surface area (Å²) in [7, 11) is 1.76. The van der Waals surface area contributed by atoms with E-state index in [1.165, 1.54) is 16.7 Å². The maximum absolute atomic E-state index is 13.2. The first-order valence-corrected chi connectivity index (χ1v) is 12.4. The molecule has 0 spiro atoms. The van der Waals surface area contributed by atoms with Crippen LogP contribution in [0.2, 0.25) is 0 Å². The Balaban J connectivity index is 0.00000253. The molecule has 39 heavy (non-hydrogen) atoms. The van der Waals surface area contributed by atoms with Crippen LogP contribution >= 0.6 is 37.2 Å². The molecule has 1 aromatic carbocycles. The minimum atomic E-state index is -1.12. The van der Waals surface area contributed by atoms with Gasteiger partial charge in [-0.2, -0.15) is 0 Å². The Labute approximate surface area is 250 Å². The number of pyridine rings is 2. The van der Waals surface area contributed by atoms with Crippen LogP contribution in [0.25, 0.3) is 0 Å². The van der Waals surface area contributed by atoms with Crippen molar-refractivity contribution in [3.63, 3.8) is 0 Å². The quantitative estimate of drug-likeness (QED) is 0.318. The molecule has 0 unspecified atom stereocenters. The van der Waals surface area contributed by atoms with E-state index in [-0.39, 0.29) is 49.0 Å². The highest BCUT2D eigenvalue weighted by Crippen LogP contribution is 2.39. The average Bonchev–Trinajstić information content (AvgIpc) is 2.91. The normalized spacial score (nSPS) is 14.1. The largest absolute Gasteiger partial charge is 0.313 e. The topological polar surface area (TPSA) is 69.6 Å². The molecule has 0 fully saturated rings. The number of aromatic nitrogens is 2. The summed E-state index contributed by atoms with van der Waals surface area (Å²) in [5.74, 6) is -0.371. The molecule has 2 aromatic heterocycles. The molecule has 2 amide bonds. The number of amides is 2. The molecule has 1 aliphatic heterocycles. The molecule has 0 saturated carbocycles. The summed E-state index contributed by atoms with van der Waals surface area (Å²) in [6.45, 7) is 12.1. The molecule has 0 bridgehead atoms. The lowest BCUT2D eigenvalue weighted by Gasteiger charge is -2.27. The van der Waals surface area contributed by atoms with Crippen LogP contribution in [0.1, 0.15) is 48.7 Å². The van der Waals surface area contributed by atoms with E-state index >= 15 is 0 Å². The number of nitrogens with zero attached hydrogens (tertiary/aromatic N) is 5. The van der Waals surface area contributed by atoms with Gasteiger partial charge in [0.2, 0.25) is 11.8 Å². The van der Waals surface area contributed by atoms with Gasteiger partial charge in [-0.25, -0.2) is 0 Å². The van der Waals surface area contributed by atoms with Gasteiger partial charge >= 0.3 is 0 Å². The summed E-state index contributed by atoms with van der Waals surface area (Å²) in [5.41, 5.74) is 6.03. The van der Waals surface area contributed by atoms with Gasteiger partial charge in [0.05, 0.1) is 11.4 Å². The van der Waals surface area contributed by atoms with Gasteiger partial charge in [-0.1, -0.05) is 12.1 Å². The van der Waals surface area contributed by atoms with Gasteiger partial charge in [-0.3, -0.25) is 24.5 Å². The second-order valence-electron chi connectivity index (χ2n) is 10.1. The van der Waals surface area contributed by atoms with Crippen molar-refractivity contribution in [1.82, 2.24) is 14.9 Å². The van der Waals surface area contributed by atoms with Gasteiger partial charge in [0.15, 0.2) is 0 Å². The third-order valence-electron chi connectivity index (χ3n) is 7.09. The van der Waals surface area contributed by atoms with Crippen LogP contribution in [0, 0.1) is 19.3 Å². The van der Waals surface area contributed by atoms with E-state index in [0.29, 0.717) is 13.1 Å². The van der Waals surface area contributed by atoms with Gasteiger partial charge in [-0.05, 0) is 81.1 Å². The number of hydrogen-bond acceptors (Lipinski definition) is 5. The molecule has 4 rings (SSSR count). The smallest absolute Gasteiger partial charge is 0.242 e. The van der Waals surface area contributed by atoms with Crippen molar-refractivity contribution >= 4 is 60.4 Å². The average molecular weight is 595 g/mol. The highest BCUT2D eigenvalue weighted by molar-refractivity contribution is 6.19. The molecule has 0 radical (unpaired) electrons. The van der Waals surface area contributed by atoms with Gasteiger partial charge in [0.25, 0.3) is 0 Å². The van der Waals surface area contributed by atoms with E-state index in [9.17, 15) is 9.59 Å². The van der Waals surface area contributed by atoms with Gasteiger partial charge in [0, 0.05) is 57.5 Å². The SMILES string of the molecule is CCN1C(=O)C(C)(C)C(=O)N(C)c2cc(CN(Cc3cnccc3C)Cc3cccnc3C)ccc21.Cl.Cl.Cl. The van der Waals surface area contributed by atoms with Crippen LogP contribution in [-0.2, 0) is 29.2 Å². The zero-order valence-electron chi connectivity index (χ0n) is 23.3. The fraction of sp³-hybridized carbons (Fsp3) is 0.379. The number of rotatable bonds is 7. The Morgan fingerprint density at radius 1 is 0.872 bits per heavy atom. The van der Waals surface area contributed by atoms with Crippen LogP contribution < -0.4 is 9.80 Å². The van der Waals surface area contributed by atoms with Gasteiger partial charge in [-0.15, -0.1) is 37.2 Å². The first-order valence-electron chi connectivity index (χ1n) is 12.4. The van der Waals surface area contributed by atoms with E-state index in [4.69, 9.17) is 0 Å². The molecule has 1 aliphatic rings. The fourth-order valence-corrected chi connectivity index (χ4v) is 4.80. The minimum absolute atomic E-state index is 0. The minimum Gasteiger partial charge on any atom is -0.313 e. The fourth-order valence-electron chi connectivity index (χ4n) is 4.80. The van der Waals surface area contributed by atoms with Crippen molar-refractivity contribution in [2.45, 2.75) is 54.3 Å². The van der Waals surface area contributed by atoms with Crippen LogP contribution in [0.3, 0.4) is 0 Å². The molecule has 3 aromatic rings. The molecule has 0 atom stereocenters. The number of carbonyl (C=O) groups excluding carboxylic acids is 2. The lowest BCUT2D eigenvalue weighted by molar-refractivity contribution is -0.137. The third-order valence-corrected chi connectivity index (χ3v) is 7.09. The number of anilines is 2. The number of carbonyl (C=O) groups is 2. The summed E-state index contributed by atoms with van der Waals surface area (Å²) in [6.07, 6.45) is 5.56. The second-order valence-corrected chi connectivity index (χ2v) is 10.1. The molecule has 0 aliphatic carbocycles. The van der Waals surface area contributed by atoms with Crippen molar-refractivity contribution in [3.05, 3.63) is 82.9 Å².